The van der Waals surface area contributed by atoms with Crippen molar-refractivity contribution < 1.29 is 22.5 Å². The van der Waals surface area contributed by atoms with Crippen LogP contribution >= 0.6 is 0 Å². The molecule has 2 rings (SSSR count). The molecule has 0 fully saturated rings. The van der Waals surface area contributed by atoms with E-state index in [1.165, 1.54) is 24.3 Å². The Kier molecular flexibility index (Phi) is 2.64. The summed E-state index contributed by atoms with van der Waals surface area (Å²) in [6.45, 7) is 0. The molecule has 0 aliphatic rings. The first kappa shape index (κ1) is 11.6. The van der Waals surface area contributed by atoms with Crippen LogP contribution in [0.15, 0.2) is 33.5 Å². The van der Waals surface area contributed by atoms with Gasteiger partial charge in [-0.15, -0.1) is 0 Å². The van der Waals surface area contributed by atoms with Crippen LogP contribution in [-0.4, -0.2) is 18.1 Å². The summed E-state index contributed by atoms with van der Waals surface area (Å²) in [5.41, 5.74) is -0.875. The van der Waals surface area contributed by atoms with Crippen molar-refractivity contribution in [2.45, 2.75) is 5.75 Å². The molecular formula is C10H8O6S. The summed E-state index contributed by atoms with van der Waals surface area (Å²) >= 11 is 0. The van der Waals surface area contributed by atoms with Gasteiger partial charge in [-0.2, -0.15) is 8.42 Å². The number of benzene rings is 1. The fourth-order valence-corrected chi connectivity index (χ4v) is 2.03. The summed E-state index contributed by atoms with van der Waals surface area (Å²) in [5, 5.41) is 9.64. The van der Waals surface area contributed by atoms with E-state index in [-0.39, 0.29) is 16.9 Å². The van der Waals surface area contributed by atoms with Crippen molar-refractivity contribution in [3.05, 3.63) is 40.2 Å². The van der Waals surface area contributed by atoms with Crippen LogP contribution in [0.4, 0.5) is 0 Å². The van der Waals surface area contributed by atoms with Gasteiger partial charge < -0.3 is 9.52 Å². The largest absolute Gasteiger partial charge is 0.508 e. The predicted octanol–water partition coefficient (Wildman–Crippen LogP) is 0.886. The minimum atomic E-state index is -4.29. The maximum absolute atomic E-state index is 11.4. The highest BCUT2D eigenvalue weighted by Gasteiger charge is 2.13. The van der Waals surface area contributed by atoms with Gasteiger partial charge in [0.05, 0.1) is 5.56 Å². The first-order valence-corrected chi connectivity index (χ1v) is 6.17. The number of phenols is 1. The zero-order valence-electron chi connectivity index (χ0n) is 8.45. The summed E-state index contributed by atoms with van der Waals surface area (Å²) in [5.74, 6) is -0.866. The molecule has 1 heterocycles. The molecule has 0 unspecified atom stereocenters. The minimum Gasteiger partial charge on any atom is -0.508 e. The highest BCUT2D eigenvalue weighted by atomic mass is 32.2. The molecule has 0 atom stereocenters. The smallest absolute Gasteiger partial charge is 0.340 e. The molecule has 7 heteroatoms. The topological polar surface area (TPSA) is 105 Å². The van der Waals surface area contributed by atoms with Gasteiger partial charge in [0.25, 0.3) is 10.1 Å². The van der Waals surface area contributed by atoms with Gasteiger partial charge in [-0.05, 0) is 18.2 Å². The standard InChI is InChI=1S/C10H8O6S/c11-8-2-1-6-3-7(5-17(13,14)15)10(12)16-9(6)4-8/h1-4,11H,5H2,(H,13,14,15). The van der Waals surface area contributed by atoms with E-state index in [2.05, 4.69) is 0 Å². The van der Waals surface area contributed by atoms with Crippen LogP contribution in [-0.2, 0) is 15.9 Å². The average Bonchev–Trinajstić information content (AvgIpc) is 2.17. The lowest BCUT2D eigenvalue weighted by molar-refractivity contribution is 0.471. The molecule has 0 spiro atoms. The summed E-state index contributed by atoms with van der Waals surface area (Å²) in [4.78, 5) is 11.4. The molecular weight excluding hydrogens is 248 g/mol. The molecule has 1 aromatic heterocycles. The van der Waals surface area contributed by atoms with E-state index < -0.39 is 21.5 Å². The molecule has 0 bridgehead atoms. The number of rotatable bonds is 2. The van der Waals surface area contributed by atoms with Gasteiger partial charge >= 0.3 is 5.63 Å². The van der Waals surface area contributed by atoms with Crippen molar-refractivity contribution in [1.29, 1.82) is 0 Å². The summed E-state index contributed by atoms with van der Waals surface area (Å²) in [6.07, 6.45) is 0. The molecule has 0 amide bonds. The molecule has 0 aliphatic heterocycles. The third kappa shape index (κ3) is 2.63. The van der Waals surface area contributed by atoms with Crippen LogP contribution in [0.5, 0.6) is 5.75 Å². The Balaban J connectivity index is 2.64. The second-order valence-electron chi connectivity index (χ2n) is 3.51. The Morgan fingerprint density at radius 1 is 1.24 bits per heavy atom. The normalized spacial score (nSPS) is 11.8. The van der Waals surface area contributed by atoms with E-state index >= 15 is 0 Å². The van der Waals surface area contributed by atoms with Crippen LogP contribution in [0.1, 0.15) is 5.56 Å². The van der Waals surface area contributed by atoms with E-state index in [9.17, 15) is 18.3 Å². The van der Waals surface area contributed by atoms with Gasteiger partial charge in [-0.3, -0.25) is 4.55 Å². The van der Waals surface area contributed by atoms with Gasteiger partial charge in [0.15, 0.2) is 0 Å². The van der Waals surface area contributed by atoms with Crippen LogP contribution in [0.3, 0.4) is 0 Å². The first-order chi connectivity index (χ1) is 7.85. The Bertz CT molecular complexity index is 728. The molecule has 0 aliphatic carbocycles. The molecule has 0 radical (unpaired) electrons. The van der Waals surface area contributed by atoms with Crippen molar-refractivity contribution in [3.63, 3.8) is 0 Å². The fraction of sp³-hybridized carbons (Fsp3) is 0.100. The highest BCUT2D eigenvalue weighted by molar-refractivity contribution is 7.85. The van der Waals surface area contributed by atoms with Crippen molar-refractivity contribution >= 4 is 21.1 Å². The van der Waals surface area contributed by atoms with Crippen molar-refractivity contribution in [2.75, 3.05) is 0 Å². The van der Waals surface area contributed by atoms with E-state index in [1.54, 1.807) is 0 Å². The molecule has 0 saturated carbocycles. The summed E-state index contributed by atoms with van der Waals surface area (Å²) in [7, 11) is -4.29. The molecule has 90 valence electrons. The highest BCUT2D eigenvalue weighted by Crippen LogP contribution is 2.19. The van der Waals surface area contributed by atoms with E-state index in [1.807, 2.05) is 0 Å². The lowest BCUT2D eigenvalue weighted by Crippen LogP contribution is -2.12. The van der Waals surface area contributed by atoms with Gasteiger partial charge in [-0.25, -0.2) is 4.79 Å². The second-order valence-corrected chi connectivity index (χ2v) is 4.96. The lowest BCUT2D eigenvalue weighted by atomic mass is 10.2. The molecule has 17 heavy (non-hydrogen) atoms. The summed E-state index contributed by atoms with van der Waals surface area (Å²) in [6, 6.07) is 5.39. The second kappa shape index (κ2) is 3.86. The predicted molar refractivity (Wildman–Crippen MR) is 59.4 cm³/mol. The number of hydrogen-bond acceptors (Lipinski definition) is 5. The van der Waals surface area contributed by atoms with Crippen LogP contribution in [0, 0.1) is 0 Å². The Morgan fingerprint density at radius 2 is 1.94 bits per heavy atom. The summed E-state index contributed by atoms with van der Waals surface area (Å²) < 4.78 is 34.8. The number of phenolic OH excluding ortho intramolecular Hbond substituents is 1. The van der Waals surface area contributed by atoms with E-state index in [4.69, 9.17) is 8.97 Å². The molecule has 6 nitrogen and oxygen atoms in total. The zero-order valence-corrected chi connectivity index (χ0v) is 9.27. The van der Waals surface area contributed by atoms with Crippen LogP contribution < -0.4 is 5.63 Å². The van der Waals surface area contributed by atoms with Crippen molar-refractivity contribution in [1.82, 2.24) is 0 Å². The number of hydrogen-bond donors (Lipinski definition) is 2. The quantitative estimate of drug-likeness (QED) is 0.610. The third-order valence-electron chi connectivity index (χ3n) is 2.13. The van der Waals surface area contributed by atoms with Crippen molar-refractivity contribution in [2.24, 2.45) is 0 Å². The average molecular weight is 256 g/mol. The number of aromatic hydroxyl groups is 1. The maximum Gasteiger partial charge on any atom is 0.340 e. The SMILES string of the molecule is O=c1oc2cc(O)ccc2cc1CS(=O)(=O)O. The van der Waals surface area contributed by atoms with E-state index in [0.717, 1.165) is 0 Å². The van der Waals surface area contributed by atoms with Gasteiger partial charge in [0.1, 0.15) is 17.1 Å². The molecule has 1 aromatic carbocycles. The Labute approximate surface area is 95.9 Å². The molecule has 2 N–H and O–H groups in total. The van der Waals surface area contributed by atoms with Gasteiger partial charge in [0.2, 0.25) is 0 Å². The molecule has 0 saturated heterocycles. The van der Waals surface area contributed by atoms with Gasteiger partial charge in [0, 0.05) is 11.5 Å². The first-order valence-electron chi connectivity index (χ1n) is 4.56. The zero-order chi connectivity index (χ0) is 12.6. The van der Waals surface area contributed by atoms with Crippen LogP contribution in [0.2, 0.25) is 0 Å². The fourth-order valence-electron chi connectivity index (χ4n) is 1.44. The van der Waals surface area contributed by atoms with Crippen LogP contribution in [0.25, 0.3) is 11.0 Å². The van der Waals surface area contributed by atoms with Crippen molar-refractivity contribution in [3.8, 4) is 5.75 Å². The molecule has 2 aromatic rings. The minimum absolute atomic E-state index is 0.0665. The maximum atomic E-state index is 11.4. The van der Waals surface area contributed by atoms with E-state index in [0.29, 0.717) is 5.39 Å². The number of fused-ring (bicyclic) bond motifs is 1. The van der Waals surface area contributed by atoms with Gasteiger partial charge in [-0.1, -0.05) is 0 Å². The Hall–Kier alpha value is -1.86. The third-order valence-corrected chi connectivity index (χ3v) is 2.81. The monoisotopic (exact) mass is 256 g/mol. The Morgan fingerprint density at radius 3 is 2.59 bits per heavy atom. The lowest BCUT2D eigenvalue weighted by Gasteiger charge is -2.00.